The summed E-state index contributed by atoms with van der Waals surface area (Å²) in [5, 5.41) is 0. The van der Waals surface area contributed by atoms with Crippen molar-refractivity contribution >= 4 is 10.1 Å². The van der Waals surface area contributed by atoms with E-state index >= 15 is 0 Å². The predicted octanol–water partition coefficient (Wildman–Crippen LogP) is 4.45. The number of unbranched alkanes of at least 4 members (excludes halogenated alkanes) is 6. The Kier molecular flexibility index (Phi) is 15.4. The minimum absolute atomic E-state index is 0.141. The summed E-state index contributed by atoms with van der Waals surface area (Å²) >= 11 is 0. The van der Waals surface area contributed by atoms with Crippen LogP contribution in [0.5, 0.6) is 0 Å². The fourth-order valence-electron chi connectivity index (χ4n) is 3.09. The Hall–Kier alpha value is -0.910. The standard InChI is InChI=1S/C18H30O3S.C5H13N/c1-16(2)10-8-6-4-3-5-7-9-11-17-12-14-18(15-13-17)22(19,20)21;1-4-5-6(2)3/h12-16H,3-11H2,1-2H3,(H,19,20,21);4-5H2,1-3H3. The van der Waals surface area contributed by atoms with Crippen molar-refractivity contribution in [1.29, 1.82) is 0 Å². The second-order valence-corrected chi connectivity index (χ2v) is 9.84. The van der Waals surface area contributed by atoms with Crippen molar-refractivity contribution in [2.45, 2.75) is 89.9 Å². The molecule has 0 unspecified atom stereocenters. The van der Waals surface area contributed by atoms with Crippen molar-refractivity contribution in [2.75, 3.05) is 20.6 Å². The molecular weight excluding hydrogens is 370 g/mol. The number of hydrogen-bond acceptors (Lipinski definition) is 3. The minimum atomic E-state index is -4.32. The molecule has 164 valence electrons. The van der Waals surface area contributed by atoms with Crippen LogP contribution in [-0.4, -0.2) is 33.6 Å². The van der Waals surface area contributed by atoms with E-state index in [1.165, 1.54) is 74.9 Å². The summed E-state index contributed by atoms with van der Waals surface area (Å²) in [5.41, 5.74) is 1.10. The number of rotatable bonds is 13. The van der Waals surface area contributed by atoms with Gasteiger partial charge in [0.25, 0.3) is 0 Å². The summed E-state index contributed by atoms with van der Waals surface area (Å²) < 4.78 is 32.5. The van der Waals surface area contributed by atoms with Gasteiger partial charge in [-0.25, -0.2) is 8.42 Å². The third-order valence-electron chi connectivity index (χ3n) is 4.71. The molecule has 0 bridgehead atoms. The zero-order valence-electron chi connectivity index (χ0n) is 18.8. The largest absolute Gasteiger partial charge is 0.744 e. The molecule has 0 atom stereocenters. The first kappa shape index (κ1) is 27.1. The zero-order chi connectivity index (χ0) is 21.4. The maximum atomic E-state index is 10.8. The van der Waals surface area contributed by atoms with E-state index < -0.39 is 10.1 Å². The SMILES string of the molecule is CC(C)CCCCCCCCCc1ccc(S(=O)(=O)[O-])cc1.CCC[NH+](C)C. The highest BCUT2D eigenvalue weighted by Crippen LogP contribution is 2.15. The highest BCUT2D eigenvalue weighted by Gasteiger charge is 2.01. The molecule has 4 nitrogen and oxygen atoms in total. The van der Waals surface area contributed by atoms with Gasteiger partial charge in [-0.2, -0.15) is 0 Å². The van der Waals surface area contributed by atoms with Crippen molar-refractivity contribution in [2.24, 2.45) is 5.92 Å². The number of quaternary nitrogens is 1. The monoisotopic (exact) mass is 413 g/mol. The lowest BCUT2D eigenvalue weighted by Gasteiger charge is -2.08. The molecule has 0 saturated heterocycles. The quantitative estimate of drug-likeness (QED) is 0.384. The zero-order valence-corrected chi connectivity index (χ0v) is 19.6. The van der Waals surface area contributed by atoms with Crippen LogP contribution in [0.4, 0.5) is 0 Å². The van der Waals surface area contributed by atoms with Crippen molar-refractivity contribution in [3.8, 4) is 0 Å². The Bertz CT molecular complexity index is 580. The van der Waals surface area contributed by atoms with Gasteiger partial charge in [-0.15, -0.1) is 0 Å². The fraction of sp³-hybridized carbons (Fsp3) is 0.739. The third-order valence-corrected chi connectivity index (χ3v) is 5.56. The highest BCUT2D eigenvalue weighted by molar-refractivity contribution is 7.85. The van der Waals surface area contributed by atoms with E-state index in [9.17, 15) is 13.0 Å². The smallest absolute Gasteiger partial charge is 0.124 e. The molecule has 0 aliphatic heterocycles. The van der Waals surface area contributed by atoms with Crippen molar-refractivity contribution in [3.05, 3.63) is 29.8 Å². The molecule has 1 N–H and O–H groups in total. The van der Waals surface area contributed by atoms with Crippen LogP contribution in [0.2, 0.25) is 0 Å². The molecule has 0 amide bonds. The molecule has 0 aliphatic carbocycles. The van der Waals surface area contributed by atoms with Gasteiger partial charge in [0, 0.05) is 0 Å². The lowest BCUT2D eigenvalue weighted by atomic mass is 10.0. The van der Waals surface area contributed by atoms with E-state index in [-0.39, 0.29) is 4.90 Å². The van der Waals surface area contributed by atoms with Gasteiger partial charge in [0.1, 0.15) is 10.1 Å². The summed E-state index contributed by atoms with van der Waals surface area (Å²) in [4.78, 5) is 1.40. The van der Waals surface area contributed by atoms with Crippen LogP contribution < -0.4 is 4.90 Å². The molecule has 1 aromatic carbocycles. The summed E-state index contributed by atoms with van der Waals surface area (Å²) in [6.45, 7) is 8.05. The molecular formula is C23H43NO3S. The van der Waals surface area contributed by atoms with Gasteiger partial charge in [-0.05, 0) is 42.9 Å². The Balaban J connectivity index is 0.00000105. The average molecular weight is 414 g/mol. The van der Waals surface area contributed by atoms with E-state index in [4.69, 9.17) is 0 Å². The van der Waals surface area contributed by atoms with E-state index in [1.807, 2.05) is 0 Å². The third kappa shape index (κ3) is 16.1. The van der Waals surface area contributed by atoms with Crippen LogP contribution in [0, 0.1) is 5.92 Å². The van der Waals surface area contributed by atoms with Crippen LogP contribution in [0.1, 0.15) is 84.1 Å². The van der Waals surface area contributed by atoms with Crippen molar-refractivity contribution in [1.82, 2.24) is 0 Å². The molecule has 0 heterocycles. The van der Waals surface area contributed by atoms with E-state index in [0.717, 1.165) is 24.3 Å². The van der Waals surface area contributed by atoms with Crippen LogP contribution in [0.25, 0.3) is 0 Å². The molecule has 0 aliphatic rings. The first-order chi connectivity index (χ1) is 13.2. The van der Waals surface area contributed by atoms with Crippen LogP contribution >= 0.6 is 0 Å². The molecule has 0 aromatic heterocycles. The maximum absolute atomic E-state index is 10.8. The number of nitrogens with one attached hydrogen (secondary N) is 1. The second-order valence-electron chi connectivity index (χ2n) is 8.46. The van der Waals surface area contributed by atoms with E-state index in [2.05, 4.69) is 34.9 Å². The van der Waals surface area contributed by atoms with Crippen molar-refractivity contribution in [3.63, 3.8) is 0 Å². The van der Waals surface area contributed by atoms with Gasteiger partial charge in [0.05, 0.1) is 25.5 Å². The summed E-state index contributed by atoms with van der Waals surface area (Å²) in [7, 11) is 0.0249. The van der Waals surface area contributed by atoms with E-state index in [1.54, 1.807) is 12.1 Å². The Labute approximate surface area is 174 Å². The van der Waals surface area contributed by atoms with Gasteiger partial charge in [0.15, 0.2) is 0 Å². The van der Waals surface area contributed by atoms with E-state index in [0.29, 0.717) is 0 Å². The van der Waals surface area contributed by atoms with Gasteiger partial charge in [-0.3, -0.25) is 0 Å². The van der Waals surface area contributed by atoms with Gasteiger partial charge in [-0.1, -0.05) is 77.8 Å². The molecule has 1 aromatic rings. The topological polar surface area (TPSA) is 61.6 Å². The highest BCUT2D eigenvalue weighted by atomic mass is 32.2. The Morgan fingerprint density at radius 2 is 1.39 bits per heavy atom. The Morgan fingerprint density at radius 3 is 1.79 bits per heavy atom. The lowest BCUT2D eigenvalue weighted by Crippen LogP contribution is -3.05. The number of benzene rings is 1. The lowest BCUT2D eigenvalue weighted by molar-refractivity contribution is -0.858. The Morgan fingerprint density at radius 1 is 0.893 bits per heavy atom. The molecule has 1 rings (SSSR count). The fourth-order valence-corrected chi connectivity index (χ4v) is 3.56. The number of aryl methyl sites for hydroxylation is 1. The van der Waals surface area contributed by atoms with Crippen LogP contribution in [0.3, 0.4) is 0 Å². The molecule has 0 fully saturated rings. The second kappa shape index (κ2) is 15.9. The predicted molar refractivity (Wildman–Crippen MR) is 118 cm³/mol. The molecule has 0 radical (unpaired) electrons. The minimum Gasteiger partial charge on any atom is -0.744 e. The summed E-state index contributed by atoms with van der Waals surface area (Å²) in [5.74, 6) is 0.822. The van der Waals surface area contributed by atoms with Gasteiger partial charge < -0.3 is 9.45 Å². The average Bonchev–Trinajstić information content (AvgIpc) is 2.60. The molecule has 5 heteroatoms. The molecule has 28 heavy (non-hydrogen) atoms. The summed E-state index contributed by atoms with van der Waals surface area (Å²) in [6, 6.07) is 6.31. The maximum Gasteiger partial charge on any atom is 0.124 e. The molecule has 0 spiro atoms. The van der Waals surface area contributed by atoms with Crippen LogP contribution in [-0.2, 0) is 16.5 Å². The van der Waals surface area contributed by atoms with Gasteiger partial charge >= 0.3 is 0 Å². The molecule has 0 saturated carbocycles. The normalized spacial score (nSPS) is 11.6. The van der Waals surface area contributed by atoms with Crippen LogP contribution in [0.15, 0.2) is 29.2 Å². The first-order valence-electron chi connectivity index (χ1n) is 11.0. The first-order valence-corrected chi connectivity index (χ1v) is 12.4. The number of hydrogen-bond donors (Lipinski definition) is 1. The van der Waals surface area contributed by atoms with Crippen molar-refractivity contribution < 1.29 is 17.9 Å². The summed E-state index contributed by atoms with van der Waals surface area (Å²) in [6.07, 6.45) is 12.5. The van der Waals surface area contributed by atoms with Gasteiger partial charge in [0.2, 0.25) is 0 Å².